The Kier molecular flexibility index (Phi) is 5.19. The standard InChI is InChI=1S/C15H12Cl2O5S/c1-23(20,21)14-5-2-9(6-12(14)17)11-7-10(16)3-4-13(11)22-8-15(18)19/h2-7H,8H2,1H3,(H,18,19). The highest BCUT2D eigenvalue weighted by molar-refractivity contribution is 7.90. The monoisotopic (exact) mass is 374 g/mol. The molecule has 0 atom stereocenters. The fraction of sp³-hybridized carbons (Fsp3) is 0.133. The van der Waals surface area contributed by atoms with Crippen molar-refractivity contribution in [3.8, 4) is 16.9 Å². The van der Waals surface area contributed by atoms with Gasteiger partial charge in [0.25, 0.3) is 0 Å². The molecule has 5 nitrogen and oxygen atoms in total. The zero-order valence-electron chi connectivity index (χ0n) is 11.9. The molecule has 2 aromatic carbocycles. The van der Waals surface area contributed by atoms with Gasteiger partial charge >= 0.3 is 5.97 Å². The summed E-state index contributed by atoms with van der Waals surface area (Å²) in [7, 11) is -3.44. The zero-order valence-corrected chi connectivity index (χ0v) is 14.2. The van der Waals surface area contributed by atoms with E-state index in [0.29, 0.717) is 21.9 Å². The van der Waals surface area contributed by atoms with Crippen LogP contribution in [0.4, 0.5) is 0 Å². The summed E-state index contributed by atoms with van der Waals surface area (Å²) >= 11 is 12.0. The highest BCUT2D eigenvalue weighted by Crippen LogP contribution is 2.35. The van der Waals surface area contributed by atoms with Gasteiger partial charge in [0.15, 0.2) is 16.4 Å². The van der Waals surface area contributed by atoms with Gasteiger partial charge in [-0.15, -0.1) is 0 Å². The fourth-order valence-corrected chi connectivity index (χ4v) is 3.46. The Bertz CT molecular complexity index is 862. The molecule has 1 N–H and O–H groups in total. The zero-order chi connectivity index (χ0) is 17.2. The first-order valence-electron chi connectivity index (χ1n) is 6.32. The minimum Gasteiger partial charge on any atom is -0.481 e. The number of carbonyl (C=O) groups is 1. The van der Waals surface area contributed by atoms with E-state index in [0.717, 1.165) is 6.26 Å². The average Bonchev–Trinajstić information content (AvgIpc) is 2.44. The van der Waals surface area contributed by atoms with Gasteiger partial charge in [0.1, 0.15) is 5.75 Å². The molecule has 2 aromatic rings. The minimum atomic E-state index is -3.44. The Balaban J connectivity index is 2.51. The lowest BCUT2D eigenvalue weighted by atomic mass is 10.0. The number of aliphatic carboxylic acids is 1. The molecule has 0 radical (unpaired) electrons. The van der Waals surface area contributed by atoms with Gasteiger partial charge in [-0.1, -0.05) is 29.3 Å². The number of hydrogen-bond donors (Lipinski definition) is 1. The number of sulfone groups is 1. The number of halogens is 2. The first-order valence-corrected chi connectivity index (χ1v) is 8.97. The van der Waals surface area contributed by atoms with Crippen molar-refractivity contribution in [3.05, 3.63) is 46.4 Å². The first-order chi connectivity index (χ1) is 10.7. The maximum Gasteiger partial charge on any atom is 0.341 e. The lowest BCUT2D eigenvalue weighted by Crippen LogP contribution is -2.10. The van der Waals surface area contributed by atoms with E-state index in [2.05, 4.69) is 0 Å². The maximum absolute atomic E-state index is 11.6. The highest BCUT2D eigenvalue weighted by atomic mass is 35.5. The van der Waals surface area contributed by atoms with Crippen LogP contribution in [0.1, 0.15) is 0 Å². The SMILES string of the molecule is CS(=O)(=O)c1ccc(-c2cc(Cl)ccc2OCC(=O)O)cc1Cl. The Morgan fingerprint density at radius 2 is 1.87 bits per heavy atom. The van der Waals surface area contributed by atoms with Crippen molar-refractivity contribution in [1.29, 1.82) is 0 Å². The molecule has 0 spiro atoms. The van der Waals surface area contributed by atoms with Gasteiger partial charge in [0.05, 0.1) is 9.92 Å². The fourth-order valence-electron chi connectivity index (χ4n) is 1.96. The number of rotatable bonds is 5. The normalized spacial score (nSPS) is 11.3. The third-order valence-corrected chi connectivity index (χ3v) is 4.75. The number of carboxylic acid groups (broad SMARTS) is 1. The van der Waals surface area contributed by atoms with Gasteiger partial charge in [0, 0.05) is 16.8 Å². The molecule has 0 aliphatic heterocycles. The molecule has 0 saturated carbocycles. The van der Waals surface area contributed by atoms with Gasteiger partial charge < -0.3 is 9.84 Å². The number of ether oxygens (including phenoxy) is 1. The third-order valence-electron chi connectivity index (χ3n) is 2.94. The van der Waals surface area contributed by atoms with E-state index in [9.17, 15) is 13.2 Å². The van der Waals surface area contributed by atoms with Gasteiger partial charge in [-0.3, -0.25) is 0 Å². The molecule has 23 heavy (non-hydrogen) atoms. The van der Waals surface area contributed by atoms with E-state index in [1.54, 1.807) is 24.3 Å². The summed E-state index contributed by atoms with van der Waals surface area (Å²) < 4.78 is 28.4. The van der Waals surface area contributed by atoms with E-state index in [-0.39, 0.29) is 9.92 Å². The maximum atomic E-state index is 11.6. The summed E-state index contributed by atoms with van der Waals surface area (Å²) in [6, 6.07) is 9.10. The van der Waals surface area contributed by atoms with Crippen LogP contribution in [0.3, 0.4) is 0 Å². The first kappa shape index (κ1) is 17.6. The van der Waals surface area contributed by atoms with Crippen LogP contribution in [0, 0.1) is 0 Å². The van der Waals surface area contributed by atoms with Crippen LogP contribution in [0.25, 0.3) is 11.1 Å². The largest absolute Gasteiger partial charge is 0.481 e. The molecule has 0 heterocycles. The molecule has 0 aliphatic rings. The molecule has 122 valence electrons. The molecule has 0 fully saturated rings. The lowest BCUT2D eigenvalue weighted by molar-refractivity contribution is -0.139. The average molecular weight is 375 g/mol. The predicted molar refractivity (Wildman–Crippen MR) is 88.1 cm³/mol. The molecular weight excluding hydrogens is 363 g/mol. The van der Waals surface area contributed by atoms with Crippen molar-refractivity contribution in [1.82, 2.24) is 0 Å². The van der Waals surface area contributed by atoms with Crippen molar-refractivity contribution in [2.45, 2.75) is 4.90 Å². The van der Waals surface area contributed by atoms with Crippen molar-refractivity contribution >= 4 is 39.0 Å². The molecule has 0 amide bonds. The van der Waals surface area contributed by atoms with Crippen molar-refractivity contribution in [2.75, 3.05) is 12.9 Å². The Hall–Kier alpha value is -1.76. The van der Waals surface area contributed by atoms with Crippen molar-refractivity contribution in [3.63, 3.8) is 0 Å². The molecule has 0 aliphatic carbocycles. The smallest absolute Gasteiger partial charge is 0.341 e. The second kappa shape index (κ2) is 6.78. The Morgan fingerprint density at radius 3 is 2.43 bits per heavy atom. The Labute approximate surface area is 143 Å². The van der Waals surface area contributed by atoms with Crippen LogP contribution < -0.4 is 4.74 Å². The van der Waals surface area contributed by atoms with Gasteiger partial charge in [-0.05, 0) is 35.9 Å². The summed E-state index contributed by atoms with van der Waals surface area (Å²) in [6.07, 6.45) is 1.06. The topological polar surface area (TPSA) is 80.7 Å². The van der Waals surface area contributed by atoms with Gasteiger partial charge in [0.2, 0.25) is 0 Å². The quantitative estimate of drug-likeness (QED) is 0.865. The summed E-state index contributed by atoms with van der Waals surface area (Å²) in [4.78, 5) is 10.7. The molecule has 8 heteroatoms. The predicted octanol–water partition coefficient (Wildman–Crippen LogP) is 3.53. The van der Waals surface area contributed by atoms with Crippen LogP contribution in [0.2, 0.25) is 10.0 Å². The number of benzene rings is 2. The molecule has 0 bridgehead atoms. The number of carboxylic acids is 1. The van der Waals surface area contributed by atoms with Gasteiger partial charge in [-0.25, -0.2) is 13.2 Å². The lowest BCUT2D eigenvalue weighted by Gasteiger charge is -2.12. The van der Waals surface area contributed by atoms with Crippen molar-refractivity contribution < 1.29 is 23.1 Å². The Morgan fingerprint density at radius 1 is 1.17 bits per heavy atom. The van der Waals surface area contributed by atoms with Crippen molar-refractivity contribution in [2.24, 2.45) is 0 Å². The van der Waals surface area contributed by atoms with Crippen LogP contribution in [-0.4, -0.2) is 32.4 Å². The molecule has 0 saturated heterocycles. The summed E-state index contributed by atoms with van der Waals surface area (Å²) in [5, 5.41) is 9.21. The summed E-state index contributed by atoms with van der Waals surface area (Å²) in [5.41, 5.74) is 1.07. The second-order valence-electron chi connectivity index (χ2n) is 4.74. The molecular formula is C15H12Cl2O5S. The summed E-state index contributed by atoms with van der Waals surface area (Å²) in [5.74, 6) is -0.809. The van der Waals surface area contributed by atoms with E-state index >= 15 is 0 Å². The van der Waals surface area contributed by atoms with Crippen LogP contribution >= 0.6 is 23.2 Å². The second-order valence-corrected chi connectivity index (χ2v) is 7.57. The third kappa shape index (κ3) is 4.37. The van der Waals surface area contributed by atoms with E-state index in [4.69, 9.17) is 33.0 Å². The molecule has 0 unspecified atom stereocenters. The molecule has 0 aromatic heterocycles. The van der Waals surface area contributed by atoms with Crippen LogP contribution in [0.15, 0.2) is 41.3 Å². The highest BCUT2D eigenvalue weighted by Gasteiger charge is 2.15. The van der Waals surface area contributed by atoms with Gasteiger partial charge in [-0.2, -0.15) is 0 Å². The van der Waals surface area contributed by atoms with E-state index in [1.165, 1.54) is 12.1 Å². The van der Waals surface area contributed by atoms with E-state index in [1.807, 2.05) is 0 Å². The van der Waals surface area contributed by atoms with Crippen LogP contribution in [-0.2, 0) is 14.6 Å². The number of hydrogen-bond acceptors (Lipinski definition) is 4. The minimum absolute atomic E-state index is 0.0120. The summed E-state index contributed by atoms with van der Waals surface area (Å²) in [6.45, 7) is -0.510. The van der Waals surface area contributed by atoms with Crippen LogP contribution in [0.5, 0.6) is 5.75 Å². The van der Waals surface area contributed by atoms with E-state index < -0.39 is 22.4 Å². The molecule has 2 rings (SSSR count).